The van der Waals surface area contributed by atoms with Gasteiger partial charge in [0.2, 0.25) is 0 Å². The van der Waals surface area contributed by atoms with Crippen LogP contribution in [0.15, 0.2) is 29.4 Å². The molecular weight excluding hydrogens is 261 g/mol. The first-order valence-corrected chi connectivity index (χ1v) is 6.99. The molecule has 0 aliphatic rings. The second kappa shape index (κ2) is 6.12. The molecule has 0 aliphatic heterocycles. The molecule has 2 rings (SSSR count). The van der Waals surface area contributed by atoms with Crippen molar-refractivity contribution in [1.29, 1.82) is 0 Å². The number of halogens is 1. The summed E-state index contributed by atoms with van der Waals surface area (Å²) < 4.78 is 13.4. The van der Waals surface area contributed by atoms with Gasteiger partial charge in [-0.2, -0.15) is 0 Å². The van der Waals surface area contributed by atoms with Crippen LogP contribution in [0.5, 0.6) is 0 Å². The Morgan fingerprint density at radius 2 is 1.68 bits per heavy atom. The van der Waals surface area contributed by atoms with Crippen molar-refractivity contribution < 1.29 is 4.39 Å². The third-order valence-corrected chi connectivity index (χ3v) is 3.50. The van der Waals surface area contributed by atoms with Crippen LogP contribution in [0, 0.1) is 19.7 Å². The Hall–Kier alpha value is -1.46. The molecule has 0 bridgehead atoms. The third kappa shape index (κ3) is 4.01. The van der Waals surface area contributed by atoms with Gasteiger partial charge in [0, 0.05) is 23.7 Å². The second-order valence-corrected chi connectivity index (χ2v) is 5.34. The lowest BCUT2D eigenvalue weighted by molar-refractivity contribution is 0.624. The summed E-state index contributed by atoms with van der Waals surface area (Å²) in [6.07, 6.45) is 0. The molecule has 0 spiro atoms. The quantitative estimate of drug-likeness (QED) is 0.689. The molecule has 1 aromatic heterocycles. The summed E-state index contributed by atoms with van der Waals surface area (Å²) in [7, 11) is 0. The zero-order chi connectivity index (χ0) is 13.8. The fourth-order valence-electron chi connectivity index (χ4n) is 1.82. The summed E-state index contributed by atoms with van der Waals surface area (Å²) in [5.74, 6) is 0.382. The Morgan fingerprint density at radius 3 is 2.32 bits per heavy atom. The minimum Gasteiger partial charge on any atom is -0.326 e. The largest absolute Gasteiger partial charge is 0.326 e. The number of aryl methyl sites for hydroxylation is 2. The monoisotopic (exact) mass is 277 g/mol. The maximum atomic E-state index is 13.4. The van der Waals surface area contributed by atoms with Crippen molar-refractivity contribution >= 4 is 11.8 Å². The van der Waals surface area contributed by atoms with Crippen molar-refractivity contribution in [2.24, 2.45) is 5.73 Å². The van der Waals surface area contributed by atoms with E-state index >= 15 is 0 Å². The fraction of sp³-hybridized carbons (Fsp3) is 0.286. The van der Waals surface area contributed by atoms with E-state index in [4.69, 9.17) is 5.73 Å². The highest BCUT2D eigenvalue weighted by atomic mass is 32.2. The van der Waals surface area contributed by atoms with Crippen molar-refractivity contribution in [2.75, 3.05) is 0 Å². The molecular formula is C14H16FN3S. The van der Waals surface area contributed by atoms with Crippen LogP contribution < -0.4 is 5.73 Å². The Balaban J connectivity index is 2.11. The van der Waals surface area contributed by atoms with E-state index in [1.54, 1.807) is 0 Å². The molecule has 0 saturated heterocycles. The van der Waals surface area contributed by atoms with Gasteiger partial charge in [-0.25, -0.2) is 14.4 Å². The van der Waals surface area contributed by atoms with Crippen LogP contribution in [0.3, 0.4) is 0 Å². The van der Waals surface area contributed by atoms with Crippen LogP contribution in [0.25, 0.3) is 0 Å². The number of nitrogens with two attached hydrogens (primary N) is 1. The topological polar surface area (TPSA) is 51.8 Å². The summed E-state index contributed by atoms with van der Waals surface area (Å²) in [6.45, 7) is 4.22. The third-order valence-electron chi connectivity index (χ3n) is 2.58. The standard InChI is InChI=1S/C14H16FN3S/c1-9-3-10(2)18-14(17-9)19-8-12-4-11(7-16)5-13(15)6-12/h3-6H,7-8,16H2,1-2H3. The molecule has 0 unspecified atom stereocenters. The van der Waals surface area contributed by atoms with E-state index in [0.717, 1.165) is 27.7 Å². The molecule has 0 saturated carbocycles. The zero-order valence-electron chi connectivity index (χ0n) is 11.0. The van der Waals surface area contributed by atoms with Crippen LogP contribution in [-0.2, 0) is 12.3 Å². The summed E-state index contributed by atoms with van der Waals surface area (Å²) in [4.78, 5) is 8.70. The molecule has 0 radical (unpaired) electrons. The summed E-state index contributed by atoms with van der Waals surface area (Å²) in [5.41, 5.74) is 9.12. The molecule has 0 fully saturated rings. The minimum atomic E-state index is -0.250. The van der Waals surface area contributed by atoms with Gasteiger partial charge >= 0.3 is 0 Å². The average molecular weight is 277 g/mol. The van der Waals surface area contributed by atoms with E-state index in [-0.39, 0.29) is 5.82 Å². The molecule has 19 heavy (non-hydrogen) atoms. The molecule has 1 heterocycles. The van der Waals surface area contributed by atoms with Gasteiger partial charge in [-0.1, -0.05) is 17.8 Å². The van der Waals surface area contributed by atoms with Crippen molar-refractivity contribution in [3.05, 3.63) is 52.6 Å². The molecule has 100 valence electrons. The number of hydrogen-bond acceptors (Lipinski definition) is 4. The van der Waals surface area contributed by atoms with Gasteiger partial charge in [-0.3, -0.25) is 0 Å². The van der Waals surface area contributed by atoms with Gasteiger partial charge in [0.15, 0.2) is 5.16 Å². The smallest absolute Gasteiger partial charge is 0.188 e. The first-order chi connectivity index (χ1) is 9.06. The van der Waals surface area contributed by atoms with E-state index in [0.29, 0.717) is 12.3 Å². The second-order valence-electron chi connectivity index (χ2n) is 4.39. The molecule has 3 nitrogen and oxygen atoms in total. The SMILES string of the molecule is Cc1cc(C)nc(SCc2cc(F)cc(CN)c2)n1. The van der Waals surface area contributed by atoms with Crippen LogP contribution in [-0.4, -0.2) is 9.97 Å². The number of rotatable bonds is 4. The maximum absolute atomic E-state index is 13.4. The lowest BCUT2D eigenvalue weighted by atomic mass is 10.1. The summed E-state index contributed by atoms with van der Waals surface area (Å²) in [5, 5.41) is 0.719. The number of nitrogens with zero attached hydrogens (tertiary/aromatic N) is 2. The number of hydrogen-bond donors (Lipinski definition) is 1. The van der Waals surface area contributed by atoms with E-state index in [2.05, 4.69) is 9.97 Å². The van der Waals surface area contributed by atoms with Crippen molar-refractivity contribution in [2.45, 2.75) is 31.3 Å². The van der Waals surface area contributed by atoms with Crippen LogP contribution in [0.4, 0.5) is 4.39 Å². The molecule has 2 aromatic rings. The minimum absolute atomic E-state index is 0.250. The molecule has 0 atom stereocenters. The lowest BCUT2D eigenvalue weighted by Gasteiger charge is -2.05. The predicted octanol–water partition coefficient (Wildman–Crippen LogP) is 2.98. The molecule has 5 heteroatoms. The van der Waals surface area contributed by atoms with Crippen molar-refractivity contribution in [3.8, 4) is 0 Å². The normalized spacial score (nSPS) is 10.7. The highest BCUT2D eigenvalue weighted by molar-refractivity contribution is 7.98. The van der Waals surface area contributed by atoms with E-state index in [9.17, 15) is 4.39 Å². The van der Waals surface area contributed by atoms with Crippen LogP contribution in [0.1, 0.15) is 22.5 Å². The van der Waals surface area contributed by atoms with Gasteiger partial charge in [0.05, 0.1) is 0 Å². The van der Waals surface area contributed by atoms with Gasteiger partial charge in [0.25, 0.3) is 0 Å². The Morgan fingerprint density at radius 1 is 1.05 bits per heavy atom. The highest BCUT2D eigenvalue weighted by Gasteiger charge is 2.04. The van der Waals surface area contributed by atoms with Gasteiger partial charge in [-0.05, 0) is 43.2 Å². The maximum Gasteiger partial charge on any atom is 0.188 e. The van der Waals surface area contributed by atoms with E-state index < -0.39 is 0 Å². The van der Waals surface area contributed by atoms with E-state index in [1.807, 2.05) is 26.0 Å². The lowest BCUT2D eigenvalue weighted by Crippen LogP contribution is -1.98. The van der Waals surface area contributed by atoms with E-state index in [1.165, 1.54) is 23.9 Å². The first kappa shape index (κ1) is 14.0. The summed E-state index contributed by atoms with van der Waals surface area (Å²) >= 11 is 1.50. The Labute approximate surface area is 116 Å². The Bertz CT molecular complexity index is 567. The molecule has 0 amide bonds. The van der Waals surface area contributed by atoms with Crippen LogP contribution >= 0.6 is 11.8 Å². The average Bonchev–Trinajstić information content (AvgIpc) is 2.34. The molecule has 0 aliphatic carbocycles. The van der Waals surface area contributed by atoms with Crippen LogP contribution in [0.2, 0.25) is 0 Å². The Kier molecular flexibility index (Phi) is 4.50. The number of benzene rings is 1. The zero-order valence-corrected chi connectivity index (χ0v) is 11.8. The number of aromatic nitrogens is 2. The summed E-state index contributed by atoms with van der Waals surface area (Å²) in [6, 6.07) is 6.83. The van der Waals surface area contributed by atoms with Gasteiger partial charge < -0.3 is 5.73 Å². The fourth-order valence-corrected chi connectivity index (χ4v) is 2.70. The van der Waals surface area contributed by atoms with Gasteiger partial charge in [0.1, 0.15) is 5.82 Å². The predicted molar refractivity (Wildman–Crippen MR) is 75.4 cm³/mol. The van der Waals surface area contributed by atoms with Crippen molar-refractivity contribution in [3.63, 3.8) is 0 Å². The number of thioether (sulfide) groups is 1. The highest BCUT2D eigenvalue weighted by Crippen LogP contribution is 2.21. The van der Waals surface area contributed by atoms with Gasteiger partial charge in [-0.15, -0.1) is 0 Å². The van der Waals surface area contributed by atoms with Crippen molar-refractivity contribution in [1.82, 2.24) is 9.97 Å². The molecule has 2 N–H and O–H groups in total. The first-order valence-electron chi connectivity index (χ1n) is 6.00. The molecule has 1 aromatic carbocycles.